The maximum absolute atomic E-state index is 11.9. The highest BCUT2D eigenvalue weighted by molar-refractivity contribution is 9.10. The number of halogens is 3. The first kappa shape index (κ1) is 10.8. The SMILES string of the molecule is O=[N+]([O-])c1ccnc(Br)c1OC(F)F. The van der Waals surface area contributed by atoms with Crippen molar-refractivity contribution in [3.05, 3.63) is 27.0 Å². The summed E-state index contributed by atoms with van der Waals surface area (Å²) in [6.07, 6.45) is 1.11. The van der Waals surface area contributed by atoms with Crippen molar-refractivity contribution in [3.63, 3.8) is 0 Å². The van der Waals surface area contributed by atoms with Crippen LogP contribution in [0.3, 0.4) is 0 Å². The van der Waals surface area contributed by atoms with Gasteiger partial charge in [-0.2, -0.15) is 8.78 Å². The van der Waals surface area contributed by atoms with Crippen LogP contribution in [0.25, 0.3) is 0 Å². The fraction of sp³-hybridized carbons (Fsp3) is 0.167. The van der Waals surface area contributed by atoms with Crippen molar-refractivity contribution in [2.45, 2.75) is 6.61 Å². The predicted octanol–water partition coefficient (Wildman–Crippen LogP) is 2.35. The predicted molar refractivity (Wildman–Crippen MR) is 45.2 cm³/mol. The molecule has 1 rings (SSSR count). The fourth-order valence-electron chi connectivity index (χ4n) is 0.755. The summed E-state index contributed by atoms with van der Waals surface area (Å²) in [6, 6.07) is 0.975. The summed E-state index contributed by atoms with van der Waals surface area (Å²) in [5, 5.41) is 10.4. The highest BCUT2D eigenvalue weighted by atomic mass is 79.9. The van der Waals surface area contributed by atoms with E-state index in [0.29, 0.717) is 0 Å². The molecule has 0 fully saturated rings. The summed E-state index contributed by atoms with van der Waals surface area (Å²) < 4.78 is 27.5. The van der Waals surface area contributed by atoms with Crippen molar-refractivity contribution in [1.82, 2.24) is 4.98 Å². The number of nitro groups is 1. The van der Waals surface area contributed by atoms with Crippen molar-refractivity contribution in [1.29, 1.82) is 0 Å². The topological polar surface area (TPSA) is 65.3 Å². The van der Waals surface area contributed by atoms with Crippen molar-refractivity contribution in [2.24, 2.45) is 0 Å². The molecular formula is C6H3BrF2N2O3. The van der Waals surface area contributed by atoms with E-state index in [0.717, 1.165) is 12.3 Å². The van der Waals surface area contributed by atoms with Gasteiger partial charge in [0.2, 0.25) is 5.75 Å². The van der Waals surface area contributed by atoms with Gasteiger partial charge in [-0.15, -0.1) is 0 Å². The molecule has 76 valence electrons. The minimum Gasteiger partial charge on any atom is -0.424 e. The fourth-order valence-corrected chi connectivity index (χ4v) is 1.17. The quantitative estimate of drug-likeness (QED) is 0.480. The van der Waals surface area contributed by atoms with Gasteiger partial charge < -0.3 is 4.74 Å². The first-order chi connectivity index (χ1) is 6.52. The van der Waals surface area contributed by atoms with Crippen LogP contribution in [0.2, 0.25) is 0 Å². The standard InChI is InChI=1S/C6H3BrF2N2O3/c7-5-4(14-6(8)9)3(11(12)13)1-2-10-5/h1-2,6H. The average molecular weight is 269 g/mol. The summed E-state index contributed by atoms with van der Waals surface area (Å²) in [5.74, 6) is -0.576. The number of aromatic nitrogens is 1. The maximum Gasteiger partial charge on any atom is 0.387 e. The lowest BCUT2D eigenvalue weighted by Crippen LogP contribution is -2.05. The Morgan fingerprint density at radius 3 is 2.79 bits per heavy atom. The first-order valence-electron chi connectivity index (χ1n) is 3.26. The third kappa shape index (κ3) is 2.34. The molecule has 0 aliphatic heterocycles. The van der Waals surface area contributed by atoms with Crippen LogP contribution in [0, 0.1) is 10.1 Å². The lowest BCUT2D eigenvalue weighted by Gasteiger charge is -2.05. The largest absolute Gasteiger partial charge is 0.424 e. The third-order valence-electron chi connectivity index (χ3n) is 1.24. The van der Waals surface area contributed by atoms with E-state index in [9.17, 15) is 18.9 Å². The van der Waals surface area contributed by atoms with Crippen molar-refractivity contribution >= 4 is 21.6 Å². The Morgan fingerprint density at radius 2 is 2.29 bits per heavy atom. The van der Waals surface area contributed by atoms with E-state index in [2.05, 4.69) is 25.7 Å². The molecule has 0 amide bonds. The van der Waals surface area contributed by atoms with Crippen LogP contribution in [0.4, 0.5) is 14.5 Å². The van der Waals surface area contributed by atoms with Gasteiger partial charge in [-0.05, 0) is 15.9 Å². The minimum atomic E-state index is -3.13. The summed E-state index contributed by atoms with van der Waals surface area (Å²) >= 11 is 2.77. The molecule has 0 atom stereocenters. The van der Waals surface area contributed by atoms with Crippen molar-refractivity contribution in [2.75, 3.05) is 0 Å². The number of rotatable bonds is 3. The Balaban J connectivity index is 3.15. The molecule has 0 radical (unpaired) electrons. The van der Waals surface area contributed by atoms with Gasteiger partial charge in [-0.1, -0.05) is 0 Å². The molecule has 0 saturated heterocycles. The number of pyridine rings is 1. The zero-order valence-corrected chi connectivity index (χ0v) is 8.07. The van der Waals surface area contributed by atoms with E-state index in [1.807, 2.05) is 0 Å². The van der Waals surface area contributed by atoms with Crippen LogP contribution in [0.1, 0.15) is 0 Å². The van der Waals surface area contributed by atoms with Crippen molar-refractivity contribution in [3.8, 4) is 5.75 Å². The van der Waals surface area contributed by atoms with E-state index in [-0.39, 0.29) is 4.60 Å². The van der Waals surface area contributed by atoms with Gasteiger partial charge in [0.25, 0.3) is 0 Å². The second kappa shape index (κ2) is 4.27. The van der Waals surface area contributed by atoms with Crippen molar-refractivity contribution < 1.29 is 18.4 Å². The lowest BCUT2D eigenvalue weighted by molar-refractivity contribution is -0.386. The summed E-state index contributed by atoms with van der Waals surface area (Å²) in [6.45, 7) is -3.13. The van der Waals surface area contributed by atoms with E-state index < -0.39 is 23.0 Å². The summed E-state index contributed by atoms with van der Waals surface area (Å²) in [7, 11) is 0. The molecule has 1 aromatic heterocycles. The van der Waals surface area contributed by atoms with E-state index in [1.54, 1.807) is 0 Å². The Morgan fingerprint density at radius 1 is 1.64 bits per heavy atom. The molecule has 8 heteroatoms. The monoisotopic (exact) mass is 268 g/mol. The summed E-state index contributed by atoms with van der Waals surface area (Å²) in [5.41, 5.74) is -0.563. The van der Waals surface area contributed by atoms with Gasteiger partial charge in [-0.3, -0.25) is 10.1 Å². The maximum atomic E-state index is 11.9. The van der Waals surface area contributed by atoms with Crippen LogP contribution < -0.4 is 4.74 Å². The number of nitrogens with zero attached hydrogens (tertiary/aromatic N) is 2. The molecule has 0 bridgehead atoms. The lowest BCUT2D eigenvalue weighted by atomic mass is 10.4. The Hall–Kier alpha value is -1.31. The molecule has 0 saturated carbocycles. The zero-order chi connectivity index (χ0) is 10.7. The molecule has 14 heavy (non-hydrogen) atoms. The average Bonchev–Trinajstić information content (AvgIpc) is 2.07. The number of ether oxygens (including phenoxy) is 1. The van der Waals surface area contributed by atoms with Gasteiger partial charge in [0.15, 0.2) is 4.60 Å². The molecule has 5 nitrogen and oxygen atoms in total. The number of alkyl halides is 2. The van der Waals surface area contributed by atoms with Gasteiger partial charge in [0.1, 0.15) is 0 Å². The molecule has 0 spiro atoms. The normalized spacial score (nSPS) is 10.3. The highest BCUT2D eigenvalue weighted by Gasteiger charge is 2.21. The summed E-state index contributed by atoms with van der Waals surface area (Å²) in [4.78, 5) is 13.1. The highest BCUT2D eigenvalue weighted by Crippen LogP contribution is 2.33. The van der Waals surface area contributed by atoms with Gasteiger partial charge in [0.05, 0.1) is 4.92 Å². The second-order valence-corrected chi connectivity index (χ2v) is 2.84. The van der Waals surface area contributed by atoms with Gasteiger partial charge in [-0.25, -0.2) is 4.98 Å². The number of hydrogen-bond donors (Lipinski definition) is 0. The molecular weight excluding hydrogens is 266 g/mol. The van der Waals surface area contributed by atoms with Crippen LogP contribution in [-0.4, -0.2) is 16.5 Å². The molecule has 1 heterocycles. The van der Waals surface area contributed by atoms with Crippen LogP contribution in [-0.2, 0) is 0 Å². The molecule has 0 aliphatic rings. The molecule has 0 aliphatic carbocycles. The van der Waals surface area contributed by atoms with Gasteiger partial charge >= 0.3 is 12.3 Å². The minimum absolute atomic E-state index is 0.132. The smallest absolute Gasteiger partial charge is 0.387 e. The molecule has 0 aromatic carbocycles. The Kier molecular flexibility index (Phi) is 3.28. The zero-order valence-electron chi connectivity index (χ0n) is 6.49. The molecule has 1 aromatic rings. The van der Waals surface area contributed by atoms with Crippen LogP contribution >= 0.6 is 15.9 Å². The third-order valence-corrected chi connectivity index (χ3v) is 1.81. The second-order valence-electron chi connectivity index (χ2n) is 2.09. The first-order valence-corrected chi connectivity index (χ1v) is 4.05. The van der Waals surface area contributed by atoms with Crippen LogP contribution in [0.15, 0.2) is 16.9 Å². The Labute approximate surface area is 85.0 Å². The van der Waals surface area contributed by atoms with Gasteiger partial charge in [0, 0.05) is 12.3 Å². The Bertz CT molecular complexity index is 361. The van der Waals surface area contributed by atoms with Crippen LogP contribution in [0.5, 0.6) is 5.75 Å². The van der Waals surface area contributed by atoms with E-state index in [4.69, 9.17) is 0 Å². The van der Waals surface area contributed by atoms with E-state index in [1.165, 1.54) is 0 Å². The molecule has 0 N–H and O–H groups in total. The van der Waals surface area contributed by atoms with E-state index >= 15 is 0 Å². The number of hydrogen-bond acceptors (Lipinski definition) is 4. The molecule has 0 unspecified atom stereocenters.